The summed E-state index contributed by atoms with van der Waals surface area (Å²) in [4.78, 5) is 46.7. The van der Waals surface area contributed by atoms with Crippen molar-refractivity contribution in [2.45, 2.75) is 270 Å². The molecule has 2 fully saturated rings. The number of hydrogen-bond acceptors (Lipinski definition) is 12. The zero-order valence-electron chi connectivity index (χ0n) is 83.7. The number of aryl methyl sites for hydroxylation is 7. The maximum atomic E-state index is 8.64. The summed E-state index contributed by atoms with van der Waals surface area (Å²) in [6.45, 7) is 51.3. The summed E-state index contributed by atoms with van der Waals surface area (Å²) in [5.41, 5.74) is 75.0. The maximum Gasteiger partial charge on any atom is 0.234 e. The van der Waals surface area contributed by atoms with Gasteiger partial charge in [-0.2, -0.15) is 0 Å². The number of nitrogens with zero attached hydrogens (tertiary/aromatic N) is 15. The molecule has 0 spiro atoms. The van der Waals surface area contributed by atoms with Crippen LogP contribution < -0.4 is 56.5 Å². The lowest BCUT2D eigenvalue weighted by molar-refractivity contribution is 0.139. The molecule has 1 aliphatic carbocycles. The molecule has 28 nitrogen and oxygen atoms in total. The van der Waals surface area contributed by atoms with E-state index in [4.69, 9.17) is 71.5 Å². The molecule has 28 heteroatoms. The van der Waals surface area contributed by atoms with E-state index >= 15 is 0 Å². The summed E-state index contributed by atoms with van der Waals surface area (Å²) in [6.07, 6.45) is 17.0. The molecule has 1 saturated heterocycles. The van der Waals surface area contributed by atoms with Crippen molar-refractivity contribution in [1.29, 1.82) is 10.8 Å². The van der Waals surface area contributed by atoms with Gasteiger partial charge in [-0.25, -0.2) is 9.98 Å². The lowest BCUT2D eigenvalue weighted by Crippen LogP contribution is -2.43. The smallest absolute Gasteiger partial charge is 0.234 e. The van der Waals surface area contributed by atoms with E-state index in [0.29, 0.717) is 67.5 Å². The van der Waals surface area contributed by atoms with E-state index in [0.717, 1.165) is 227 Å². The average Bonchev–Trinajstić information content (AvgIpc) is 1.30. The first-order valence-electron chi connectivity index (χ1n) is 49.6. The highest BCUT2D eigenvalue weighted by Crippen LogP contribution is 2.32. The molecule has 0 bridgehead atoms. The largest absolute Gasteiger partial charge is 0.393 e. The van der Waals surface area contributed by atoms with Crippen molar-refractivity contribution in [1.82, 2.24) is 54.7 Å². The number of nitrogens with one attached hydrogen (secondary N) is 4. The molecular weight excluding hydrogens is 1680 g/mol. The summed E-state index contributed by atoms with van der Waals surface area (Å²) >= 11 is 0. The monoisotopic (exact) mass is 1840 g/mol. The highest BCUT2D eigenvalue weighted by atomic mass is 16.6. The van der Waals surface area contributed by atoms with Gasteiger partial charge >= 0.3 is 0 Å². The standard InChI is InChI=1S/C18H30N6.C18H27N3.2C15H22N4.C15H24N4.C13H19N3O.C13H19N3/c1-3-4-9-23(10-5-8-22-17(19)20)18(21)24-12-15-7-6-14(2)11-16(15)13-24;1-13-4-7-17(8-5-13)20-18(19)21-10-9-15-11-14(2)3-6-16(15)12-21;1-11-2-3-12-9-19(10-13(12)8-11)15(16)18-14-4-6-17-7-5-14;1-3-17-7-4-8-18-15(16)19-10-13-6-5-12(2)9-14(13)11-19;1-3-7-18(8-6-16)15(17)19-10-13-5-4-12(2)9-14(13)11-19;1-3-6-17-15-13(14)16-8-11-5-4-10(2)7-12(11)9-16;1-3-6-15-13(14)16-8-11-5-4-10(2)7-12(11)9-16/h6-7,11,21H,3-5,8-10,12-13H2,1-2H3,(H4,19,20,22);3,6,11,13,17H,4-5,7-10,12H2,1-2H3,(H2,19,20);2-3,8,14,17H,4-7,9-10H2,1H3,(H2,16,18);3,5-6,9,17H,1,4,7-8,10-11H2,2H3,(H2,16,18);4-5,9,17H,3,6-8,10-11,16H2,1-2H3;4-5,7H,3,6,8-9H2,1-2H3,(H2,14,15);4-5,7H,3,6,8-9H2,1-2H3,(H2,14,15). The number of rotatable bonds is 23. The van der Waals surface area contributed by atoms with Crippen LogP contribution in [0.25, 0.3) is 0 Å². The number of fused-ring (bicyclic) bond motifs is 7. The van der Waals surface area contributed by atoms with E-state index < -0.39 is 0 Å². The van der Waals surface area contributed by atoms with Gasteiger partial charge in [-0.15, -0.1) is 0 Å². The quantitative estimate of drug-likeness (QED) is 0.0122. The normalized spacial score (nSPS) is 17.0. The molecule has 20 N–H and O–H groups in total. The zero-order chi connectivity index (χ0) is 96.9. The Hall–Kier alpha value is -12.0. The van der Waals surface area contributed by atoms with Crippen molar-refractivity contribution in [3.63, 3.8) is 0 Å². The minimum absolute atomic E-state index is 0.135. The first-order valence-corrected chi connectivity index (χ1v) is 49.6. The van der Waals surface area contributed by atoms with Gasteiger partial charge in [-0.1, -0.05) is 214 Å². The van der Waals surface area contributed by atoms with Crippen molar-refractivity contribution >= 4 is 47.7 Å². The Labute approximate surface area is 807 Å². The van der Waals surface area contributed by atoms with Gasteiger partial charge in [0.25, 0.3) is 0 Å². The fourth-order valence-electron chi connectivity index (χ4n) is 18.3. The van der Waals surface area contributed by atoms with Crippen LogP contribution in [0.1, 0.15) is 235 Å². The predicted molar refractivity (Wildman–Crippen MR) is 561 cm³/mol. The van der Waals surface area contributed by atoms with Gasteiger partial charge in [0, 0.05) is 151 Å². The van der Waals surface area contributed by atoms with Crippen LogP contribution in [0.15, 0.2) is 170 Å². The molecule has 1 saturated carbocycles. The Balaban J connectivity index is 0.000000163. The van der Waals surface area contributed by atoms with Crippen molar-refractivity contribution in [2.24, 2.45) is 81.9 Å². The predicted octanol–water partition coefficient (Wildman–Crippen LogP) is 14.3. The number of hydrogen-bond donors (Lipinski definition) is 12. The Morgan fingerprint density at radius 1 is 0.400 bits per heavy atom. The average molecular weight is 1840 g/mol. The number of aliphatic imine (C=N–C) groups is 5. The molecule has 0 aromatic heterocycles. The highest BCUT2D eigenvalue weighted by Gasteiger charge is 2.30. The summed E-state index contributed by atoms with van der Waals surface area (Å²) in [5.74, 6) is 5.47. The van der Waals surface area contributed by atoms with Gasteiger partial charge in [0.15, 0.2) is 41.7 Å². The van der Waals surface area contributed by atoms with E-state index in [1.165, 1.54) is 143 Å². The number of nitrogens with two attached hydrogens (primary N) is 8. The van der Waals surface area contributed by atoms with E-state index in [-0.39, 0.29) is 5.96 Å². The Morgan fingerprint density at radius 2 is 0.756 bits per heavy atom. The molecule has 0 amide bonds. The molecule has 7 aromatic carbocycles. The lowest BCUT2D eigenvalue weighted by atomic mass is 9.88. The summed E-state index contributed by atoms with van der Waals surface area (Å²) in [7, 11) is 0. The lowest BCUT2D eigenvalue weighted by Gasteiger charge is -2.31. The molecule has 8 heterocycles. The van der Waals surface area contributed by atoms with E-state index in [2.05, 4.69) is 280 Å². The topological polar surface area (TPSA) is 392 Å². The third kappa shape index (κ3) is 32.9. The van der Waals surface area contributed by atoms with Gasteiger partial charge in [-0.05, 0) is 240 Å². The van der Waals surface area contributed by atoms with Crippen LogP contribution in [0.2, 0.25) is 0 Å². The van der Waals surface area contributed by atoms with Crippen molar-refractivity contribution in [3.8, 4) is 0 Å². The fourth-order valence-corrected chi connectivity index (χ4v) is 18.3. The Morgan fingerprint density at radius 3 is 1.16 bits per heavy atom. The molecule has 16 rings (SSSR count). The van der Waals surface area contributed by atoms with Crippen LogP contribution in [0.3, 0.4) is 0 Å². The summed E-state index contributed by atoms with van der Waals surface area (Å²) in [6, 6.07) is 47.0. The molecule has 0 radical (unpaired) electrons. The summed E-state index contributed by atoms with van der Waals surface area (Å²) in [5, 5.41) is 27.3. The Bertz CT molecular complexity index is 5140. The molecule has 0 unspecified atom stereocenters. The molecular formula is C107H163N27O. The van der Waals surface area contributed by atoms with Crippen LogP contribution in [0.4, 0.5) is 0 Å². The first-order chi connectivity index (χ1) is 65.1. The highest BCUT2D eigenvalue weighted by molar-refractivity contribution is 5.82. The van der Waals surface area contributed by atoms with Gasteiger partial charge < -0.3 is 105 Å². The number of unbranched alkanes of at least 4 members (excludes halogenated alkanes) is 1. The summed E-state index contributed by atoms with van der Waals surface area (Å²) < 4.78 is 0. The molecule has 8 aliphatic heterocycles. The number of piperidine rings is 1. The van der Waals surface area contributed by atoms with Crippen LogP contribution >= 0.6 is 0 Å². The molecule has 7 aromatic rings. The number of guanidine groups is 8. The number of oxime groups is 1. The van der Waals surface area contributed by atoms with Gasteiger partial charge in [-0.3, -0.25) is 25.8 Å². The molecule has 0 atom stereocenters. The van der Waals surface area contributed by atoms with E-state index in [1.54, 1.807) is 6.20 Å². The fraction of sp³-hybridized carbons (Fsp3) is 0.514. The number of benzene rings is 7. The van der Waals surface area contributed by atoms with Crippen molar-refractivity contribution in [3.05, 3.63) is 257 Å². The van der Waals surface area contributed by atoms with Crippen LogP contribution in [0.5, 0.6) is 0 Å². The third-order valence-electron chi connectivity index (χ3n) is 26.0. The second kappa shape index (κ2) is 53.9. The van der Waals surface area contributed by atoms with E-state index in [9.17, 15) is 0 Å². The van der Waals surface area contributed by atoms with E-state index in [1.807, 2.05) is 11.8 Å². The minimum atomic E-state index is 0.135. The SMILES string of the molecule is C=CNCCCN=C(N)N1Cc2ccc(C)cc2C1.CCCCN(CCCN=C(N)N)C(=N)N1Cc2ccc(C)cc2C1.CCCN(CCN)C(=N)N1Cc2ccc(C)cc2C1.CCCN=C(N)N1Cc2ccc(C)cc2C1.CCCON=C(N)N1Cc2ccc(C)cc2C1.Cc1ccc2c(c1)CCN(C(N)=NC1CCC(C)CC1)C2.Cc1ccc2c(c1)CN(C(N)=NC1CCNCC1)C2. The van der Waals surface area contributed by atoms with Gasteiger partial charge in [0.05, 0.1) is 12.1 Å². The third-order valence-corrected chi connectivity index (χ3v) is 26.0. The van der Waals surface area contributed by atoms with Crippen molar-refractivity contribution in [2.75, 3.05) is 85.1 Å². The van der Waals surface area contributed by atoms with Gasteiger partial charge in [0.2, 0.25) is 5.96 Å². The Kier molecular flexibility index (Phi) is 41.9. The molecule has 9 aliphatic rings. The zero-order valence-corrected chi connectivity index (χ0v) is 83.7. The van der Waals surface area contributed by atoms with Crippen LogP contribution in [-0.2, 0) is 96.3 Å². The van der Waals surface area contributed by atoms with Gasteiger partial charge in [0.1, 0.15) is 6.61 Å². The maximum absolute atomic E-state index is 8.64. The van der Waals surface area contributed by atoms with Crippen LogP contribution in [0, 0.1) is 65.2 Å². The van der Waals surface area contributed by atoms with Crippen molar-refractivity contribution < 1.29 is 4.84 Å². The van der Waals surface area contributed by atoms with Crippen LogP contribution in [-0.4, -0.2) is 189 Å². The first kappa shape index (κ1) is 105. The molecule has 732 valence electrons. The molecule has 135 heavy (non-hydrogen) atoms. The second-order valence-corrected chi connectivity index (χ2v) is 37.8. The second-order valence-electron chi connectivity index (χ2n) is 37.8. The minimum Gasteiger partial charge on any atom is -0.393 e.